The Hall–Kier alpha value is -1.53. The van der Waals surface area contributed by atoms with E-state index in [2.05, 4.69) is 19.9 Å². The van der Waals surface area contributed by atoms with Crippen molar-refractivity contribution in [2.45, 2.75) is 145 Å². The molecule has 0 spiro atoms. The van der Waals surface area contributed by atoms with Gasteiger partial charge in [0.25, 0.3) is 0 Å². The van der Waals surface area contributed by atoms with Crippen molar-refractivity contribution < 1.29 is 69.3 Å². The molecule has 8 N–H and O–H groups in total. The van der Waals surface area contributed by atoms with Gasteiger partial charge in [-0.25, -0.2) is 0 Å². The maximum absolute atomic E-state index is 12.5. The number of esters is 1. The van der Waals surface area contributed by atoms with E-state index in [9.17, 15) is 45.6 Å². The summed E-state index contributed by atoms with van der Waals surface area (Å²) in [6.07, 6.45) is -6.93. The highest BCUT2D eigenvalue weighted by molar-refractivity contribution is 5.76. The Morgan fingerprint density at radius 2 is 1.53 bits per heavy atom. The zero-order valence-electron chi connectivity index (χ0n) is 28.1. The fourth-order valence-electron chi connectivity index (χ4n) is 10.6. The molecule has 0 bridgehead atoms. The van der Waals surface area contributed by atoms with Crippen LogP contribution in [-0.4, -0.2) is 140 Å². The predicted molar refractivity (Wildman–Crippen MR) is 167 cm³/mol. The summed E-state index contributed by atoms with van der Waals surface area (Å²) in [4.78, 5) is 11.9. The van der Waals surface area contributed by atoms with Gasteiger partial charge in [0.15, 0.2) is 12.6 Å². The Morgan fingerprint density at radius 3 is 2.20 bits per heavy atom. The second kappa shape index (κ2) is 13.2. The average Bonchev–Trinajstić information content (AvgIpc) is 3.63. The zero-order chi connectivity index (χ0) is 35.0. The number of aliphatic hydroxyl groups excluding tert-OH is 7. The molecule has 0 unspecified atom stereocenters. The number of allylic oxidation sites excluding steroid dienone is 1. The van der Waals surface area contributed by atoms with Crippen LogP contribution in [0, 0.1) is 22.7 Å². The van der Waals surface area contributed by atoms with E-state index in [1.54, 1.807) is 0 Å². The van der Waals surface area contributed by atoms with Crippen LogP contribution in [0.25, 0.3) is 0 Å². The normalized spacial score (nSPS) is 53.0. The van der Waals surface area contributed by atoms with Crippen molar-refractivity contribution in [3.63, 3.8) is 0 Å². The molecule has 0 radical (unpaired) electrons. The van der Waals surface area contributed by atoms with Crippen LogP contribution in [0.3, 0.4) is 0 Å². The van der Waals surface area contributed by atoms with Gasteiger partial charge in [-0.3, -0.25) is 4.79 Å². The summed E-state index contributed by atoms with van der Waals surface area (Å²) in [5.74, 6) is 0.140. The number of ether oxygens (including phenoxy) is 5. The smallest absolute Gasteiger partial charge is 0.310 e. The lowest BCUT2D eigenvalue weighted by atomic mass is 9.46. The molecule has 276 valence electrons. The van der Waals surface area contributed by atoms with Crippen molar-refractivity contribution >= 4 is 5.97 Å². The lowest BCUT2D eigenvalue weighted by Crippen LogP contribution is -2.65. The van der Waals surface area contributed by atoms with Crippen LogP contribution in [0.4, 0.5) is 0 Å². The minimum absolute atomic E-state index is 0.0733. The van der Waals surface area contributed by atoms with Crippen LogP contribution in [0.2, 0.25) is 0 Å². The van der Waals surface area contributed by atoms with E-state index >= 15 is 0 Å². The van der Waals surface area contributed by atoms with Gasteiger partial charge in [-0.05, 0) is 74.2 Å². The van der Waals surface area contributed by atoms with Gasteiger partial charge >= 0.3 is 5.97 Å². The van der Waals surface area contributed by atoms with Crippen LogP contribution in [0.5, 0.6) is 0 Å². The molecule has 0 aromatic heterocycles. The maximum atomic E-state index is 12.5. The lowest BCUT2D eigenvalue weighted by Gasteiger charge is -2.60. The topological polar surface area (TPSA) is 225 Å². The van der Waals surface area contributed by atoms with Crippen molar-refractivity contribution in [2.24, 2.45) is 22.7 Å². The zero-order valence-corrected chi connectivity index (χ0v) is 28.1. The van der Waals surface area contributed by atoms with Gasteiger partial charge in [-0.1, -0.05) is 31.1 Å². The van der Waals surface area contributed by atoms with Crippen molar-refractivity contribution in [1.29, 1.82) is 0 Å². The first kappa shape index (κ1) is 35.9. The van der Waals surface area contributed by atoms with E-state index in [1.165, 1.54) is 11.1 Å². The number of fused-ring (bicyclic) bond motifs is 5. The summed E-state index contributed by atoms with van der Waals surface area (Å²) in [5.41, 5.74) is 2.06. The van der Waals surface area contributed by atoms with Gasteiger partial charge in [-0.15, -0.1) is 0 Å². The molecule has 7 aliphatic rings. The minimum atomic E-state index is -1.76. The van der Waals surface area contributed by atoms with Crippen molar-refractivity contribution in [2.75, 3.05) is 19.8 Å². The van der Waals surface area contributed by atoms with E-state index in [4.69, 9.17) is 23.7 Å². The van der Waals surface area contributed by atoms with Gasteiger partial charge < -0.3 is 64.5 Å². The number of rotatable bonds is 6. The molecular formula is C35H52O14. The third-order valence-electron chi connectivity index (χ3n) is 13.5. The fourth-order valence-corrected chi connectivity index (χ4v) is 10.6. The molecule has 16 atom stereocenters. The number of carbonyl (C=O) groups is 1. The average molecular weight is 697 g/mol. The third kappa shape index (κ3) is 5.66. The predicted octanol–water partition coefficient (Wildman–Crippen LogP) is -0.683. The molecule has 14 nitrogen and oxygen atoms in total. The lowest BCUT2D eigenvalue weighted by molar-refractivity contribution is -0.364. The summed E-state index contributed by atoms with van der Waals surface area (Å²) in [5, 5.41) is 85.0. The SMILES string of the molecule is C[C@@]12CC[C@H]3[C@@H](CC=C4C[C@@H](O[C@H]5O[C@@H](CO)[C@@H](O)[C@@H](O[C@H]6O[C@@H](CO)[C@@H](O)[C@@H](O)[C@H]6O)[C@H]5O)CC[C@]43C)[C@@]1(O)CC/C2=C1/COC(=O)C1. The molecule has 14 heteroatoms. The summed E-state index contributed by atoms with van der Waals surface area (Å²) >= 11 is 0. The first-order chi connectivity index (χ1) is 23.3. The Kier molecular flexibility index (Phi) is 9.62. The Bertz CT molecular complexity index is 1330. The van der Waals surface area contributed by atoms with Crippen LogP contribution in [0.1, 0.15) is 71.6 Å². The number of cyclic esters (lactones) is 1. The molecule has 0 amide bonds. The van der Waals surface area contributed by atoms with Gasteiger partial charge in [0.1, 0.15) is 55.4 Å². The van der Waals surface area contributed by atoms with E-state index in [0.29, 0.717) is 32.3 Å². The van der Waals surface area contributed by atoms with Gasteiger partial charge in [0.2, 0.25) is 0 Å². The molecule has 0 aromatic carbocycles. The number of hydrogen-bond donors (Lipinski definition) is 8. The Morgan fingerprint density at radius 1 is 0.837 bits per heavy atom. The molecule has 7 rings (SSSR count). The monoisotopic (exact) mass is 696 g/mol. The minimum Gasteiger partial charge on any atom is -0.461 e. The summed E-state index contributed by atoms with van der Waals surface area (Å²) in [6, 6.07) is 0. The van der Waals surface area contributed by atoms with Gasteiger partial charge in [0.05, 0.1) is 31.3 Å². The van der Waals surface area contributed by atoms with Crippen molar-refractivity contribution in [3.05, 3.63) is 22.8 Å². The fraction of sp³-hybridized carbons (Fsp3) is 0.857. The summed E-state index contributed by atoms with van der Waals surface area (Å²) in [6.45, 7) is 3.48. The summed E-state index contributed by atoms with van der Waals surface area (Å²) in [7, 11) is 0. The third-order valence-corrected chi connectivity index (χ3v) is 13.5. The number of aliphatic hydroxyl groups is 8. The molecule has 3 saturated heterocycles. The van der Waals surface area contributed by atoms with E-state index in [1.807, 2.05) is 0 Å². The Labute approximate surface area is 285 Å². The highest BCUT2D eigenvalue weighted by atomic mass is 16.7. The molecule has 4 aliphatic carbocycles. The van der Waals surface area contributed by atoms with Crippen molar-refractivity contribution in [3.8, 4) is 0 Å². The second-order valence-corrected chi connectivity index (χ2v) is 15.8. The standard InChI is InChI=1S/C35H52O14/c1-33-8-5-18(46-32-29(43)30(26(40)23(14-37)48-32)49-31-28(42)27(41)25(39)22(13-36)47-31)12-17(33)3-4-21-20(33)6-9-34(2)19(7-10-35(21,34)44)16-11-24(38)45-15-16/h3,18,20-23,25-32,36-37,39-44H,4-15H2,1-2H3/b19-16-/t18-,20-,21+,22-,23-,25+,26+,27+,28+,29+,30+,31+,32-,33+,34-,35-/m0/s1. The highest BCUT2D eigenvalue weighted by Crippen LogP contribution is 2.68. The van der Waals surface area contributed by atoms with Crippen LogP contribution >= 0.6 is 0 Å². The quantitative estimate of drug-likeness (QED) is 0.127. The largest absolute Gasteiger partial charge is 0.461 e. The molecule has 3 saturated carbocycles. The summed E-state index contributed by atoms with van der Waals surface area (Å²) < 4.78 is 28.6. The van der Waals surface area contributed by atoms with E-state index in [-0.39, 0.29) is 29.3 Å². The first-order valence-corrected chi connectivity index (χ1v) is 17.8. The number of carbonyl (C=O) groups excluding carboxylic acids is 1. The second-order valence-electron chi connectivity index (χ2n) is 15.8. The van der Waals surface area contributed by atoms with Crippen molar-refractivity contribution in [1.82, 2.24) is 0 Å². The molecular weight excluding hydrogens is 644 g/mol. The molecule has 6 fully saturated rings. The molecule has 49 heavy (non-hydrogen) atoms. The first-order valence-electron chi connectivity index (χ1n) is 17.8. The van der Waals surface area contributed by atoms with Crippen LogP contribution in [0.15, 0.2) is 22.8 Å². The van der Waals surface area contributed by atoms with E-state index < -0.39 is 85.6 Å². The van der Waals surface area contributed by atoms with Crippen LogP contribution < -0.4 is 0 Å². The highest BCUT2D eigenvalue weighted by Gasteiger charge is 2.65. The van der Waals surface area contributed by atoms with Gasteiger partial charge in [-0.2, -0.15) is 0 Å². The molecule has 0 aromatic rings. The number of hydrogen-bond acceptors (Lipinski definition) is 14. The maximum Gasteiger partial charge on any atom is 0.310 e. The molecule has 3 heterocycles. The van der Waals surface area contributed by atoms with Gasteiger partial charge in [0, 0.05) is 5.41 Å². The molecule has 3 aliphatic heterocycles. The Balaban J connectivity index is 1.05. The van der Waals surface area contributed by atoms with E-state index in [0.717, 1.165) is 37.7 Å². The van der Waals surface area contributed by atoms with Crippen LogP contribution in [-0.2, 0) is 28.5 Å².